The second-order valence-electron chi connectivity index (χ2n) is 8.08. The fraction of sp³-hybridized carbons (Fsp3) is 0.435. The van der Waals surface area contributed by atoms with E-state index in [-0.39, 0.29) is 17.9 Å². The van der Waals surface area contributed by atoms with Crippen molar-refractivity contribution in [2.75, 3.05) is 13.1 Å². The highest BCUT2D eigenvalue weighted by Crippen LogP contribution is 2.25. The van der Waals surface area contributed by atoms with E-state index in [0.717, 1.165) is 16.7 Å². The molecule has 0 unspecified atom stereocenters. The highest BCUT2D eigenvalue weighted by atomic mass is 32.2. The first-order valence-electron chi connectivity index (χ1n) is 10.1. The Morgan fingerprint density at radius 1 is 1.00 bits per heavy atom. The van der Waals surface area contributed by atoms with E-state index < -0.39 is 10.0 Å². The smallest absolute Gasteiger partial charge is 0.243 e. The van der Waals surface area contributed by atoms with Gasteiger partial charge in [0.1, 0.15) is 0 Å². The van der Waals surface area contributed by atoms with Gasteiger partial charge in [-0.1, -0.05) is 41.5 Å². The van der Waals surface area contributed by atoms with Crippen LogP contribution >= 0.6 is 0 Å². The number of amides is 1. The van der Waals surface area contributed by atoms with Crippen molar-refractivity contribution >= 4 is 15.9 Å². The summed E-state index contributed by atoms with van der Waals surface area (Å²) in [7, 11) is -3.50. The standard InChI is InChI=1S/C23H30N2O3S/c1-16-5-8-21(9-6-16)29(27,28)25-13-11-20(12-14-25)23(26)24-19(4)22-10-7-17(2)15-18(22)3/h5-10,15,19-20H,11-14H2,1-4H3,(H,24,26)/t19-/m1/s1. The summed E-state index contributed by atoms with van der Waals surface area (Å²) >= 11 is 0. The van der Waals surface area contributed by atoms with Crippen molar-refractivity contribution < 1.29 is 13.2 Å². The highest BCUT2D eigenvalue weighted by Gasteiger charge is 2.32. The Hall–Kier alpha value is -2.18. The lowest BCUT2D eigenvalue weighted by Gasteiger charge is -2.31. The quantitative estimate of drug-likeness (QED) is 0.807. The SMILES string of the molecule is Cc1ccc(S(=O)(=O)N2CCC(C(=O)N[C@H](C)c3ccc(C)cc3C)CC2)cc1. The van der Waals surface area contributed by atoms with Crippen molar-refractivity contribution in [2.24, 2.45) is 5.92 Å². The molecule has 1 amide bonds. The molecule has 1 N–H and O–H groups in total. The van der Waals surface area contributed by atoms with Crippen LogP contribution in [0, 0.1) is 26.7 Å². The van der Waals surface area contributed by atoms with Gasteiger partial charge in [-0.05, 0) is 63.8 Å². The lowest BCUT2D eigenvalue weighted by Crippen LogP contribution is -2.43. The van der Waals surface area contributed by atoms with Crippen LogP contribution in [0.3, 0.4) is 0 Å². The van der Waals surface area contributed by atoms with Gasteiger partial charge in [0.05, 0.1) is 10.9 Å². The summed E-state index contributed by atoms with van der Waals surface area (Å²) in [6, 6.07) is 13.1. The summed E-state index contributed by atoms with van der Waals surface area (Å²) in [5, 5.41) is 3.11. The fourth-order valence-corrected chi connectivity index (χ4v) is 5.41. The van der Waals surface area contributed by atoms with E-state index in [4.69, 9.17) is 0 Å². The predicted octanol–water partition coefficient (Wildman–Crippen LogP) is 3.89. The maximum absolute atomic E-state index is 12.8. The number of nitrogens with one attached hydrogen (secondary N) is 1. The molecule has 2 aromatic rings. The minimum Gasteiger partial charge on any atom is -0.349 e. The normalized spacial score (nSPS) is 17.1. The van der Waals surface area contributed by atoms with Crippen molar-refractivity contribution in [2.45, 2.75) is 51.5 Å². The van der Waals surface area contributed by atoms with Crippen molar-refractivity contribution in [1.82, 2.24) is 9.62 Å². The number of benzene rings is 2. The lowest BCUT2D eigenvalue weighted by atomic mass is 9.95. The molecule has 1 aliphatic heterocycles. The third-order valence-corrected chi connectivity index (χ3v) is 7.65. The summed E-state index contributed by atoms with van der Waals surface area (Å²) in [5.74, 6) is -0.155. The number of nitrogens with zero attached hydrogens (tertiary/aromatic N) is 1. The molecule has 156 valence electrons. The van der Waals surface area contributed by atoms with Gasteiger partial charge in [-0.15, -0.1) is 0 Å². The second-order valence-corrected chi connectivity index (χ2v) is 10.0. The van der Waals surface area contributed by atoms with Gasteiger partial charge in [0.2, 0.25) is 15.9 Å². The zero-order chi connectivity index (χ0) is 21.2. The van der Waals surface area contributed by atoms with Crippen molar-refractivity contribution in [1.29, 1.82) is 0 Å². The minimum absolute atomic E-state index is 0.00450. The Bertz CT molecular complexity index is 976. The molecule has 0 aliphatic carbocycles. The van der Waals surface area contributed by atoms with E-state index in [0.29, 0.717) is 30.8 Å². The number of carbonyl (C=O) groups is 1. The molecular formula is C23H30N2O3S. The average Bonchev–Trinajstić information content (AvgIpc) is 2.68. The number of rotatable bonds is 5. The molecule has 0 aromatic heterocycles. The maximum Gasteiger partial charge on any atom is 0.243 e. The average molecular weight is 415 g/mol. The molecule has 3 rings (SSSR count). The second kappa shape index (κ2) is 8.67. The van der Waals surface area contributed by atoms with Gasteiger partial charge in [-0.2, -0.15) is 4.31 Å². The number of carbonyl (C=O) groups excluding carboxylic acids is 1. The molecule has 2 aromatic carbocycles. The first-order valence-corrected chi connectivity index (χ1v) is 11.6. The summed E-state index contributed by atoms with van der Waals surface area (Å²) in [6.45, 7) is 8.77. The Balaban J connectivity index is 1.60. The summed E-state index contributed by atoms with van der Waals surface area (Å²) in [6.07, 6.45) is 1.08. The number of hydrogen-bond acceptors (Lipinski definition) is 3. The number of sulfonamides is 1. The van der Waals surface area contributed by atoms with Gasteiger partial charge in [0.25, 0.3) is 0 Å². The monoisotopic (exact) mass is 414 g/mol. The molecule has 1 atom stereocenters. The number of hydrogen-bond donors (Lipinski definition) is 1. The van der Waals surface area contributed by atoms with Gasteiger partial charge in [-0.25, -0.2) is 8.42 Å². The topological polar surface area (TPSA) is 66.5 Å². The van der Waals surface area contributed by atoms with Crippen LogP contribution in [0.4, 0.5) is 0 Å². The molecule has 1 saturated heterocycles. The molecule has 0 spiro atoms. The zero-order valence-corrected chi connectivity index (χ0v) is 18.4. The fourth-order valence-electron chi connectivity index (χ4n) is 3.94. The molecule has 0 saturated carbocycles. The van der Waals surface area contributed by atoms with E-state index in [1.54, 1.807) is 12.1 Å². The largest absolute Gasteiger partial charge is 0.349 e. The van der Waals surface area contributed by atoms with Crippen LogP contribution in [-0.4, -0.2) is 31.7 Å². The van der Waals surface area contributed by atoms with Crippen LogP contribution in [0.2, 0.25) is 0 Å². The molecule has 5 nitrogen and oxygen atoms in total. The van der Waals surface area contributed by atoms with Crippen molar-refractivity contribution in [3.8, 4) is 0 Å². The molecule has 6 heteroatoms. The first-order chi connectivity index (χ1) is 13.7. The zero-order valence-electron chi connectivity index (χ0n) is 17.6. The van der Waals surface area contributed by atoms with Crippen LogP contribution in [0.15, 0.2) is 47.4 Å². The highest BCUT2D eigenvalue weighted by molar-refractivity contribution is 7.89. The third kappa shape index (κ3) is 4.87. The van der Waals surface area contributed by atoms with E-state index in [1.807, 2.05) is 26.0 Å². The van der Waals surface area contributed by atoms with Crippen molar-refractivity contribution in [3.63, 3.8) is 0 Å². The Labute approximate surface area is 174 Å². The van der Waals surface area contributed by atoms with E-state index in [2.05, 4.69) is 37.4 Å². The van der Waals surface area contributed by atoms with Crippen molar-refractivity contribution in [3.05, 3.63) is 64.7 Å². The van der Waals surface area contributed by atoms with E-state index >= 15 is 0 Å². The number of piperidine rings is 1. The van der Waals surface area contributed by atoms with Gasteiger partial charge in [0, 0.05) is 19.0 Å². The van der Waals surface area contributed by atoms with Crippen LogP contribution in [0.25, 0.3) is 0 Å². The van der Waals surface area contributed by atoms with E-state index in [9.17, 15) is 13.2 Å². The van der Waals surface area contributed by atoms with Crippen LogP contribution < -0.4 is 5.32 Å². The molecule has 0 radical (unpaired) electrons. The van der Waals surface area contributed by atoms with Crippen LogP contribution in [0.5, 0.6) is 0 Å². The minimum atomic E-state index is -3.50. The molecule has 1 fully saturated rings. The Morgan fingerprint density at radius 2 is 1.59 bits per heavy atom. The Morgan fingerprint density at radius 3 is 2.17 bits per heavy atom. The Kier molecular flexibility index (Phi) is 6.44. The predicted molar refractivity (Wildman–Crippen MR) is 115 cm³/mol. The van der Waals surface area contributed by atoms with Gasteiger partial charge >= 0.3 is 0 Å². The van der Waals surface area contributed by atoms with Gasteiger partial charge < -0.3 is 5.32 Å². The molecule has 1 aliphatic rings. The summed E-state index contributed by atoms with van der Waals surface area (Å²) < 4.78 is 27.2. The molecule has 29 heavy (non-hydrogen) atoms. The van der Waals surface area contributed by atoms with Crippen LogP contribution in [-0.2, 0) is 14.8 Å². The molecule has 0 bridgehead atoms. The third-order valence-electron chi connectivity index (χ3n) is 5.73. The lowest BCUT2D eigenvalue weighted by molar-refractivity contribution is -0.126. The van der Waals surface area contributed by atoms with Gasteiger partial charge in [-0.3, -0.25) is 4.79 Å². The summed E-state index contributed by atoms with van der Waals surface area (Å²) in [4.78, 5) is 13.1. The first kappa shape index (κ1) is 21.5. The summed E-state index contributed by atoms with van der Waals surface area (Å²) in [5.41, 5.74) is 4.50. The maximum atomic E-state index is 12.8. The van der Waals surface area contributed by atoms with E-state index in [1.165, 1.54) is 9.87 Å². The van der Waals surface area contributed by atoms with Crippen LogP contribution in [0.1, 0.15) is 48.1 Å². The molecular weight excluding hydrogens is 384 g/mol. The number of aryl methyl sites for hydroxylation is 3. The molecule has 1 heterocycles. The van der Waals surface area contributed by atoms with Gasteiger partial charge in [0.15, 0.2) is 0 Å².